The third-order valence-electron chi connectivity index (χ3n) is 4.97. The Bertz CT molecular complexity index is 985. The predicted octanol–water partition coefficient (Wildman–Crippen LogP) is 5.66. The number of pyridine rings is 1. The lowest BCUT2D eigenvalue weighted by Crippen LogP contribution is -2.35. The minimum Gasteiger partial charge on any atom is -0.484 e. The monoisotopic (exact) mass is 466 g/mol. The summed E-state index contributed by atoms with van der Waals surface area (Å²) in [4.78, 5) is 9.07. The molecular formula is C23H26F4N4O2. The first-order valence-corrected chi connectivity index (χ1v) is 10.6. The fourth-order valence-corrected chi connectivity index (χ4v) is 3.46. The molecule has 1 fully saturated rings. The molecule has 2 N–H and O–H groups in total. The van der Waals surface area contributed by atoms with Crippen molar-refractivity contribution in [2.75, 3.05) is 25.5 Å². The molecule has 6 nitrogen and oxygen atoms in total. The smallest absolute Gasteiger partial charge is 0.484 e. The van der Waals surface area contributed by atoms with Gasteiger partial charge in [-0.05, 0) is 50.1 Å². The van der Waals surface area contributed by atoms with Crippen LogP contribution in [-0.4, -0.2) is 37.4 Å². The van der Waals surface area contributed by atoms with E-state index in [1.54, 1.807) is 19.4 Å². The lowest BCUT2D eigenvalue weighted by Gasteiger charge is -2.23. The number of anilines is 2. The summed E-state index contributed by atoms with van der Waals surface area (Å²) < 4.78 is 60.0. The second-order valence-electron chi connectivity index (χ2n) is 7.45. The molecule has 3 rings (SSSR count). The maximum Gasteiger partial charge on any atom is 0.573 e. The number of nitrogens with zero attached hydrogens (tertiary/aromatic N) is 2. The van der Waals surface area contributed by atoms with Gasteiger partial charge in [0, 0.05) is 36.0 Å². The quantitative estimate of drug-likeness (QED) is 0.313. The highest BCUT2D eigenvalue weighted by Gasteiger charge is 2.32. The van der Waals surface area contributed by atoms with E-state index >= 15 is 0 Å². The highest BCUT2D eigenvalue weighted by Crippen LogP contribution is 2.29. The van der Waals surface area contributed by atoms with Gasteiger partial charge in [-0.15, -0.1) is 13.2 Å². The number of aliphatic imine (C=N–C) groups is 1. The molecule has 0 aliphatic carbocycles. The number of aromatic nitrogens is 1. The molecule has 2 heterocycles. The van der Waals surface area contributed by atoms with Crippen molar-refractivity contribution >= 4 is 23.1 Å². The van der Waals surface area contributed by atoms with Crippen LogP contribution in [0.3, 0.4) is 0 Å². The average molecular weight is 466 g/mol. The van der Waals surface area contributed by atoms with Crippen molar-refractivity contribution in [3.05, 3.63) is 54.0 Å². The van der Waals surface area contributed by atoms with Crippen LogP contribution >= 0.6 is 0 Å². The fourth-order valence-electron chi connectivity index (χ4n) is 3.46. The molecule has 0 amide bonds. The minimum absolute atomic E-state index is 0.206. The number of halogens is 4. The number of hydrogen-bond acceptors (Lipinski definition) is 6. The van der Waals surface area contributed by atoms with Gasteiger partial charge in [0.05, 0.1) is 12.8 Å². The zero-order chi connectivity index (χ0) is 23.8. The van der Waals surface area contributed by atoms with Crippen molar-refractivity contribution in [1.29, 1.82) is 0 Å². The Hall–Kier alpha value is -3.14. The molecule has 1 aromatic carbocycles. The Kier molecular flexibility index (Phi) is 8.26. The topological polar surface area (TPSA) is 67.8 Å². The Labute approximate surface area is 189 Å². The van der Waals surface area contributed by atoms with Gasteiger partial charge in [-0.25, -0.2) is 14.4 Å². The van der Waals surface area contributed by atoms with Crippen molar-refractivity contribution in [3.63, 3.8) is 0 Å². The predicted molar refractivity (Wildman–Crippen MR) is 119 cm³/mol. The molecule has 1 atom stereocenters. The van der Waals surface area contributed by atoms with E-state index in [4.69, 9.17) is 9.73 Å². The largest absolute Gasteiger partial charge is 0.573 e. The first kappa shape index (κ1) is 24.5. The van der Waals surface area contributed by atoms with Crippen molar-refractivity contribution in [3.8, 4) is 5.75 Å². The number of nitrogens with one attached hydrogen (secondary N) is 2. The molecule has 1 saturated heterocycles. The van der Waals surface area contributed by atoms with Crippen LogP contribution in [0, 0.1) is 11.7 Å². The summed E-state index contributed by atoms with van der Waals surface area (Å²) in [6.45, 7) is 3.82. The van der Waals surface area contributed by atoms with E-state index in [-0.39, 0.29) is 11.6 Å². The van der Waals surface area contributed by atoms with Gasteiger partial charge in [0.15, 0.2) is 17.5 Å². The second kappa shape index (κ2) is 11.1. The van der Waals surface area contributed by atoms with Gasteiger partial charge < -0.3 is 20.1 Å². The summed E-state index contributed by atoms with van der Waals surface area (Å²) in [5.74, 6) is -0.768. The number of ether oxygens (including phenoxy) is 2. The summed E-state index contributed by atoms with van der Waals surface area (Å²) in [5.41, 5.74) is 1.75. The normalized spacial score (nSPS) is 17.6. The van der Waals surface area contributed by atoms with Crippen LogP contribution in [0.4, 0.5) is 29.1 Å². The summed E-state index contributed by atoms with van der Waals surface area (Å²) in [6.07, 6.45) is 1.47. The number of rotatable bonds is 7. The maximum absolute atomic E-state index is 13.9. The van der Waals surface area contributed by atoms with Gasteiger partial charge in [-0.1, -0.05) is 13.0 Å². The lowest BCUT2D eigenvalue weighted by atomic mass is 9.99. The summed E-state index contributed by atoms with van der Waals surface area (Å²) in [5, 5.41) is 6.21. The zero-order valence-corrected chi connectivity index (χ0v) is 18.4. The molecule has 1 aromatic heterocycles. The van der Waals surface area contributed by atoms with E-state index in [2.05, 4.69) is 20.4 Å². The molecule has 0 unspecified atom stereocenters. The van der Waals surface area contributed by atoms with Gasteiger partial charge in [-0.2, -0.15) is 0 Å². The number of piperidine rings is 1. The van der Waals surface area contributed by atoms with Crippen LogP contribution in [0.1, 0.15) is 31.7 Å². The SMILES string of the molecule is CC/C=C(/N=C(OC)[C@@H]1CCCNC1)c1ccc(Nc2ccc(OC(F)(F)F)c(F)c2)nc1. The standard InChI is InChI=1S/C23H26F4N4O2/c1-3-5-19(31-22(32-2)16-6-4-11-28-13-16)15-7-10-21(29-14-15)30-17-8-9-20(18(24)12-17)33-23(25,26)27/h5,7-10,12,14,16,28H,3-4,6,11,13H2,1-2H3,(H,29,30)/b19-5+,31-22?/t16-/m1/s1. The first-order chi connectivity index (χ1) is 15.8. The molecule has 33 heavy (non-hydrogen) atoms. The van der Waals surface area contributed by atoms with Crippen molar-refractivity contribution in [1.82, 2.24) is 10.3 Å². The Morgan fingerprint density at radius 2 is 2.12 bits per heavy atom. The van der Waals surface area contributed by atoms with Gasteiger partial charge in [0.2, 0.25) is 0 Å². The Balaban J connectivity index is 1.74. The zero-order valence-electron chi connectivity index (χ0n) is 18.4. The first-order valence-electron chi connectivity index (χ1n) is 10.6. The summed E-state index contributed by atoms with van der Waals surface area (Å²) in [7, 11) is 1.62. The van der Waals surface area contributed by atoms with Crippen LogP contribution in [0.15, 0.2) is 47.6 Å². The molecule has 1 aliphatic rings. The molecule has 0 radical (unpaired) electrons. The van der Waals surface area contributed by atoms with Crippen molar-refractivity contribution in [2.45, 2.75) is 32.5 Å². The van der Waals surface area contributed by atoms with E-state index in [9.17, 15) is 17.6 Å². The molecule has 0 saturated carbocycles. The molecule has 178 valence electrons. The third kappa shape index (κ3) is 7.18. The molecule has 0 spiro atoms. The van der Waals surface area contributed by atoms with Crippen molar-refractivity contribution < 1.29 is 27.0 Å². The molecule has 10 heteroatoms. The second-order valence-corrected chi connectivity index (χ2v) is 7.45. The maximum atomic E-state index is 13.9. The van der Waals surface area contributed by atoms with E-state index in [1.165, 1.54) is 6.07 Å². The molecular weight excluding hydrogens is 440 g/mol. The third-order valence-corrected chi connectivity index (χ3v) is 4.97. The van der Waals surface area contributed by atoms with Crippen LogP contribution in [0.2, 0.25) is 0 Å². The molecule has 1 aliphatic heterocycles. The van der Waals surface area contributed by atoms with Crippen molar-refractivity contribution in [2.24, 2.45) is 10.9 Å². The highest BCUT2D eigenvalue weighted by molar-refractivity contribution is 5.85. The van der Waals surface area contributed by atoms with Crippen LogP contribution in [0.25, 0.3) is 5.70 Å². The van der Waals surface area contributed by atoms with E-state index < -0.39 is 17.9 Å². The summed E-state index contributed by atoms with van der Waals surface area (Å²) >= 11 is 0. The van der Waals surface area contributed by atoms with E-state index in [0.717, 1.165) is 55.7 Å². The van der Waals surface area contributed by atoms with Crippen LogP contribution < -0.4 is 15.4 Å². The number of benzene rings is 1. The lowest BCUT2D eigenvalue weighted by molar-refractivity contribution is -0.275. The number of allylic oxidation sites excluding steroid dienone is 1. The Morgan fingerprint density at radius 1 is 1.30 bits per heavy atom. The van der Waals surface area contributed by atoms with Gasteiger partial charge in [0.25, 0.3) is 0 Å². The highest BCUT2D eigenvalue weighted by atomic mass is 19.4. The summed E-state index contributed by atoms with van der Waals surface area (Å²) in [6, 6.07) is 6.58. The number of methoxy groups -OCH3 is 1. The molecule has 0 bridgehead atoms. The fraction of sp³-hybridized carbons (Fsp3) is 0.391. The van der Waals surface area contributed by atoms with Crippen LogP contribution in [-0.2, 0) is 4.74 Å². The number of hydrogen-bond donors (Lipinski definition) is 2. The average Bonchev–Trinajstić information content (AvgIpc) is 2.79. The van der Waals surface area contributed by atoms with Gasteiger partial charge >= 0.3 is 6.36 Å². The van der Waals surface area contributed by atoms with E-state index in [0.29, 0.717) is 11.7 Å². The molecule has 2 aromatic rings. The van der Waals surface area contributed by atoms with Gasteiger partial charge in [0.1, 0.15) is 5.82 Å². The van der Waals surface area contributed by atoms with Crippen LogP contribution in [0.5, 0.6) is 5.75 Å². The number of alkyl halides is 3. The minimum atomic E-state index is -4.96. The van der Waals surface area contributed by atoms with Gasteiger partial charge in [-0.3, -0.25) is 0 Å². The Morgan fingerprint density at radius 3 is 2.70 bits per heavy atom. The van der Waals surface area contributed by atoms with E-state index in [1.807, 2.05) is 19.1 Å².